The monoisotopic (exact) mass is 216 g/mol. The second-order valence-corrected chi connectivity index (χ2v) is 3.11. The average molecular weight is 216 g/mol. The fourth-order valence-electron chi connectivity index (χ4n) is 1.31. The van der Waals surface area contributed by atoms with Gasteiger partial charge in [-0.05, 0) is 24.3 Å². The van der Waals surface area contributed by atoms with E-state index in [1.165, 1.54) is 24.5 Å². The van der Waals surface area contributed by atoms with Crippen molar-refractivity contribution in [1.82, 2.24) is 9.97 Å². The molecule has 0 aliphatic heterocycles. The number of carboxylic acid groups (broad SMARTS) is 1. The van der Waals surface area contributed by atoms with Crippen LogP contribution in [0.5, 0.6) is 5.75 Å². The van der Waals surface area contributed by atoms with Gasteiger partial charge < -0.3 is 10.2 Å². The molecular formula is C11H8N2O3. The van der Waals surface area contributed by atoms with Gasteiger partial charge in [-0.2, -0.15) is 0 Å². The lowest BCUT2D eigenvalue weighted by atomic mass is 10.1. The second-order valence-electron chi connectivity index (χ2n) is 3.11. The van der Waals surface area contributed by atoms with Crippen molar-refractivity contribution in [2.45, 2.75) is 0 Å². The van der Waals surface area contributed by atoms with Crippen molar-refractivity contribution in [2.75, 3.05) is 0 Å². The molecule has 0 spiro atoms. The number of hydrogen-bond acceptors (Lipinski definition) is 4. The van der Waals surface area contributed by atoms with Crippen molar-refractivity contribution in [2.24, 2.45) is 0 Å². The maximum atomic E-state index is 10.7. The lowest BCUT2D eigenvalue weighted by molar-refractivity contribution is 0.0690. The van der Waals surface area contributed by atoms with E-state index >= 15 is 0 Å². The summed E-state index contributed by atoms with van der Waals surface area (Å²) in [7, 11) is 0. The largest absolute Gasteiger partial charge is 0.506 e. The van der Waals surface area contributed by atoms with E-state index in [9.17, 15) is 9.90 Å². The summed E-state index contributed by atoms with van der Waals surface area (Å²) in [4.78, 5) is 18.4. The molecule has 5 nitrogen and oxygen atoms in total. The van der Waals surface area contributed by atoms with Crippen LogP contribution in [0.4, 0.5) is 0 Å². The fraction of sp³-hybridized carbons (Fsp3) is 0. The van der Waals surface area contributed by atoms with Crippen LogP contribution >= 0.6 is 0 Å². The smallest absolute Gasteiger partial charge is 0.354 e. The van der Waals surface area contributed by atoms with E-state index in [1.54, 1.807) is 12.1 Å². The molecule has 0 amide bonds. The van der Waals surface area contributed by atoms with E-state index in [0.717, 1.165) is 0 Å². The van der Waals surface area contributed by atoms with E-state index in [-0.39, 0.29) is 11.4 Å². The van der Waals surface area contributed by atoms with Crippen molar-refractivity contribution >= 4 is 5.97 Å². The standard InChI is InChI=1S/C11H8N2O3/c14-9-2-1-4-13-10(9)7-3-5-12-8(6-7)11(15)16/h1-6,14H,(H,15,16). The molecule has 2 rings (SSSR count). The van der Waals surface area contributed by atoms with E-state index in [4.69, 9.17) is 5.11 Å². The van der Waals surface area contributed by atoms with E-state index in [1.807, 2.05) is 0 Å². The molecule has 0 atom stereocenters. The van der Waals surface area contributed by atoms with Crippen molar-refractivity contribution in [3.8, 4) is 17.0 Å². The van der Waals surface area contributed by atoms with Gasteiger partial charge in [-0.15, -0.1) is 0 Å². The minimum atomic E-state index is -1.11. The minimum Gasteiger partial charge on any atom is -0.506 e. The van der Waals surface area contributed by atoms with Crippen LogP contribution in [-0.4, -0.2) is 26.2 Å². The van der Waals surface area contributed by atoms with Crippen LogP contribution in [0.15, 0.2) is 36.7 Å². The van der Waals surface area contributed by atoms with Gasteiger partial charge in [-0.25, -0.2) is 9.78 Å². The first kappa shape index (κ1) is 10.1. The maximum absolute atomic E-state index is 10.7. The summed E-state index contributed by atoms with van der Waals surface area (Å²) >= 11 is 0. The lowest BCUT2D eigenvalue weighted by Crippen LogP contribution is -1.99. The highest BCUT2D eigenvalue weighted by molar-refractivity contribution is 5.87. The first-order chi connectivity index (χ1) is 7.68. The Labute approximate surface area is 91.0 Å². The Morgan fingerprint density at radius 2 is 2.00 bits per heavy atom. The van der Waals surface area contributed by atoms with Gasteiger partial charge in [0, 0.05) is 18.0 Å². The number of rotatable bonds is 2. The summed E-state index contributed by atoms with van der Waals surface area (Å²) in [5.41, 5.74) is 0.778. The Morgan fingerprint density at radius 1 is 1.19 bits per heavy atom. The normalized spacial score (nSPS) is 10.0. The molecule has 80 valence electrons. The number of pyridine rings is 2. The third-order valence-corrected chi connectivity index (χ3v) is 2.04. The van der Waals surface area contributed by atoms with Crippen LogP contribution < -0.4 is 0 Å². The summed E-state index contributed by atoms with van der Waals surface area (Å²) in [6.07, 6.45) is 2.89. The zero-order valence-electron chi connectivity index (χ0n) is 8.16. The van der Waals surface area contributed by atoms with Gasteiger partial charge in [0.2, 0.25) is 0 Å². The zero-order valence-corrected chi connectivity index (χ0v) is 8.16. The zero-order chi connectivity index (χ0) is 11.5. The number of aromatic hydroxyl groups is 1. The molecule has 0 radical (unpaired) electrons. The highest BCUT2D eigenvalue weighted by Crippen LogP contribution is 2.25. The number of carbonyl (C=O) groups is 1. The minimum absolute atomic E-state index is 0.00467. The van der Waals surface area contributed by atoms with Crippen LogP contribution in [0.1, 0.15) is 10.5 Å². The van der Waals surface area contributed by atoms with Crippen LogP contribution in [-0.2, 0) is 0 Å². The average Bonchev–Trinajstić information content (AvgIpc) is 2.30. The summed E-state index contributed by atoms with van der Waals surface area (Å²) in [5, 5.41) is 18.3. The molecule has 0 unspecified atom stereocenters. The van der Waals surface area contributed by atoms with Crippen molar-refractivity contribution in [1.29, 1.82) is 0 Å². The van der Waals surface area contributed by atoms with Crippen molar-refractivity contribution in [3.63, 3.8) is 0 Å². The van der Waals surface area contributed by atoms with Gasteiger partial charge in [0.15, 0.2) is 0 Å². The summed E-state index contributed by atoms with van der Waals surface area (Å²) in [5.74, 6) is -1.11. The molecule has 2 aromatic rings. The number of hydrogen-bond donors (Lipinski definition) is 2. The molecule has 0 saturated carbocycles. The summed E-state index contributed by atoms with van der Waals surface area (Å²) in [6, 6.07) is 6.04. The number of nitrogens with zero attached hydrogens (tertiary/aromatic N) is 2. The van der Waals surface area contributed by atoms with Gasteiger partial charge in [0.05, 0.1) is 0 Å². The molecule has 2 heterocycles. The maximum Gasteiger partial charge on any atom is 0.354 e. The Morgan fingerprint density at radius 3 is 2.69 bits per heavy atom. The molecule has 5 heteroatoms. The highest BCUT2D eigenvalue weighted by atomic mass is 16.4. The SMILES string of the molecule is O=C(O)c1cc(-c2ncccc2O)ccn1. The number of carboxylic acids is 1. The van der Waals surface area contributed by atoms with Crippen LogP contribution in [0, 0.1) is 0 Å². The van der Waals surface area contributed by atoms with Gasteiger partial charge >= 0.3 is 5.97 Å². The molecule has 0 aliphatic carbocycles. The predicted octanol–water partition coefficient (Wildman–Crippen LogP) is 1.55. The molecule has 2 aromatic heterocycles. The van der Waals surface area contributed by atoms with Crippen molar-refractivity contribution in [3.05, 3.63) is 42.4 Å². The quantitative estimate of drug-likeness (QED) is 0.795. The summed E-state index contributed by atoms with van der Waals surface area (Å²) < 4.78 is 0. The number of aromatic carboxylic acids is 1. The van der Waals surface area contributed by atoms with Gasteiger partial charge in [-0.3, -0.25) is 4.98 Å². The number of aromatic nitrogens is 2. The van der Waals surface area contributed by atoms with Crippen LogP contribution in [0.3, 0.4) is 0 Å². The van der Waals surface area contributed by atoms with Gasteiger partial charge in [0.25, 0.3) is 0 Å². The first-order valence-corrected chi connectivity index (χ1v) is 4.52. The second kappa shape index (κ2) is 3.98. The van der Waals surface area contributed by atoms with E-state index in [0.29, 0.717) is 11.3 Å². The molecule has 16 heavy (non-hydrogen) atoms. The predicted molar refractivity (Wildman–Crippen MR) is 56.1 cm³/mol. The molecule has 2 N–H and O–H groups in total. The molecule has 0 fully saturated rings. The molecule has 0 aromatic carbocycles. The van der Waals surface area contributed by atoms with E-state index < -0.39 is 5.97 Å². The van der Waals surface area contributed by atoms with Gasteiger partial charge in [-0.1, -0.05) is 0 Å². The van der Waals surface area contributed by atoms with E-state index in [2.05, 4.69) is 9.97 Å². The lowest BCUT2D eigenvalue weighted by Gasteiger charge is -2.03. The Bertz CT molecular complexity index is 540. The Balaban J connectivity index is 2.53. The molecular weight excluding hydrogens is 208 g/mol. The van der Waals surface area contributed by atoms with Crippen LogP contribution in [0.2, 0.25) is 0 Å². The first-order valence-electron chi connectivity index (χ1n) is 4.52. The Hall–Kier alpha value is -2.43. The fourth-order valence-corrected chi connectivity index (χ4v) is 1.31. The molecule has 0 saturated heterocycles. The topological polar surface area (TPSA) is 83.3 Å². The third kappa shape index (κ3) is 1.83. The van der Waals surface area contributed by atoms with Gasteiger partial charge in [0.1, 0.15) is 17.1 Å². The highest BCUT2D eigenvalue weighted by Gasteiger charge is 2.09. The third-order valence-electron chi connectivity index (χ3n) is 2.04. The Kier molecular flexibility index (Phi) is 2.51. The summed E-state index contributed by atoms with van der Waals surface area (Å²) in [6.45, 7) is 0. The van der Waals surface area contributed by atoms with Crippen LogP contribution in [0.25, 0.3) is 11.3 Å². The molecule has 0 aliphatic rings. The van der Waals surface area contributed by atoms with Crippen molar-refractivity contribution < 1.29 is 15.0 Å². The molecule has 0 bridgehead atoms.